The van der Waals surface area contributed by atoms with Crippen molar-refractivity contribution in [1.29, 1.82) is 0 Å². The van der Waals surface area contributed by atoms with Crippen LogP contribution in [0.4, 0.5) is 4.79 Å². The van der Waals surface area contributed by atoms with E-state index in [-0.39, 0.29) is 43.8 Å². The van der Waals surface area contributed by atoms with Gasteiger partial charge in [-0.15, -0.1) is 0 Å². The van der Waals surface area contributed by atoms with Gasteiger partial charge in [-0.2, -0.15) is 0 Å². The van der Waals surface area contributed by atoms with Crippen molar-refractivity contribution in [3.05, 3.63) is 35.9 Å². The Morgan fingerprint density at radius 2 is 1.62 bits per heavy atom. The van der Waals surface area contributed by atoms with Crippen LogP contribution in [0.1, 0.15) is 37.2 Å². The molecular weight excluding hydrogens is 403 g/mol. The van der Waals surface area contributed by atoms with Gasteiger partial charge in [0.05, 0.1) is 0 Å². The first kappa shape index (κ1) is 20.6. The number of rotatable bonds is 3. The van der Waals surface area contributed by atoms with Crippen molar-refractivity contribution in [3.8, 4) is 0 Å². The molecule has 2 aliphatic rings. The van der Waals surface area contributed by atoms with Gasteiger partial charge in [0.25, 0.3) is 0 Å². The Balaban J connectivity index is 0.00000144. The molecule has 0 spiro atoms. The average molecular weight is 425 g/mol. The van der Waals surface area contributed by atoms with E-state index in [4.69, 9.17) is 0 Å². The van der Waals surface area contributed by atoms with Gasteiger partial charge in [0.2, 0.25) is 5.91 Å². The summed E-state index contributed by atoms with van der Waals surface area (Å²) >= 11 is 0. The molecule has 0 bridgehead atoms. The number of nitrogens with zero attached hydrogens (tertiary/aromatic N) is 1. The summed E-state index contributed by atoms with van der Waals surface area (Å²) in [5.41, 5.74) is 1.30. The predicted molar refractivity (Wildman–Crippen MR) is 82.0 cm³/mol. The molecule has 1 aliphatic carbocycles. The van der Waals surface area contributed by atoms with E-state index in [1.807, 2.05) is 23.1 Å². The fourth-order valence-corrected chi connectivity index (χ4v) is 3.50. The van der Waals surface area contributed by atoms with Crippen molar-refractivity contribution in [1.82, 2.24) is 10.2 Å². The van der Waals surface area contributed by atoms with Gasteiger partial charge in [0.1, 0.15) is 6.09 Å². The molecule has 3 rings (SSSR count). The Kier molecular flexibility index (Phi) is 7.88. The molecule has 0 radical (unpaired) electrons. The van der Waals surface area contributed by atoms with Crippen LogP contribution in [0.25, 0.3) is 0 Å². The summed E-state index contributed by atoms with van der Waals surface area (Å²) in [6.45, 7) is 1.61. The predicted octanol–water partition coefficient (Wildman–Crippen LogP) is 0.925. The maximum Gasteiger partial charge on any atom is 2.00 e. The molecule has 24 heavy (non-hydrogen) atoms. The van der Waals surface area contributed by atoms with Gasteiger partial charge < -0.3 is 25.6 Å². The van der Waals surface area contributed by atoms with Crippen molar-refractivity contribution in [2.45, 2.75) is 37.6 Å². The second-order valence-corrected chi connectivity index (χ2v) is 6.33. The van der Waals surface area contributed by atoms with Crippen molar-refractivity contribution in [2.75, 3.05) is 13.1 Å². The maximum absolute atomic E-state index is 12.5. The molecule has 1 saturated heterocycles. The van der Waals surface area contributed by atoms with Crippen LogP contribution in [-0.4, -0.2) is 41.5 Å². The number of likely N-dealkylation sites (tertiary alicyclic amines) is 1. The maximum atomic E-state index is 12.5. The average Bonchev–Trinajstić information content (AvgIpc) is 2.47. The molecule has 0 aromatic heterocycles. The molecule has 2 amide bonds. The molecule has 134 valence electrons. The second kappa shape index (κ2) is 9.17. The zero-order valence-corrected chi connectivity index (χ0v) is 14.9. The third kappa shape index (κ3) is 4.79. The first-order valence-electron chi connectivity index (χ1n) is 7.94. The van der Waals surface area contributed by atoms with Gasteiger partial charge in [0, 0.05) is 31.0 Å². The number of hydrogen-bond acceptors (Lipinski definition) is 4. The van der Waals surface area contributed by atoms with E-state index in [1.165, 1.54) is 5.56 Å². The largest absolute Gasteiger partial charge is 2.00 e. The summed E-state index contributed by atoms with van der Waals surface area (Å²) in [7, 11) is 0. The van der Waals surface area contributed by atoms with Crippen LogP contribution in [0.15, 0.2) is 30.3 Å². The van der Waals surface area contributed by atoms with Gasteiger partial charge >= 0.3 is 20.4 Å². The third-order valence-corrected chi connectivity index (χ3v) is 4.86. The van der Waals surface area contributed by atoms with Gasteiger partial charge in [-0.1, -0.05) is 30.3 Å². The van der Waals surface area contributed by atoms with Gasteiger partial charge in [-0.3, -0.25) is 4.79 Å². The SMILES string of the molecule is O=C([O-])NC1CCC(C(=O)N2CC(c3ccccc3)C2)CC1.[OH-].[Pd+2]. The summed E-state index contributed by atoms with van der Waals surface area (Å²) in [6.07, 6.45) is 1.75. The molecule has 0 unspecified atom stereocenters. The minimum Gasteiger partial charge on any atom is -0.870 e. The number of carboxylic acid groups (broad SMARTS) is 1. The molecule has 0 atom stereocenters. The second-order valence-electron chi connectivity index (χ2n) is 6.33. The topological polar surface area (TPSA) is 102 Å². The van der Waals surface area contributed by atoms with E-state index in [1.54, 1.807) is 0 Å². The standard InChI is InChI=1S/C17H22N2O3.H2O.Pd/c20-16(13-6-8-15(9-7-13)18-17(21)22)19-10-14(11-19)12-4-2-1-3-5-12;;/h1-5,13-15,18H,6-11H2,(H,21,22);1H2;/q;;+2/p-2. The smallest absolute Gasteiger partial charge is 0.870 e. The normalized spacial score (nSPS) is 23.2. The summed E-state index contributed by atoms with van der Waals surface area (Å²) in [5.74, 6) is 0.747. The minimum absolute atomic E-state index is 0. The Bertz CT molecular complexity index is 541. The molecule has 2 fully saturated rings. The molecular formula is C17H22N2O4Pd. The van der Waals surface area contributed by atoms with E-state index in [0.717, 1.165) is 38.8 Å². The van der Waals surface area contributed by atoms with Gasteiger partial charge in [-0.05, 0) is 31.2 Å². The van der Waals surface area contributed by atoms with Crippen LogP contribution in [0, 0.1) is 5.92 Å². The molecule has 1 aromatic rings. The Morgan fingerprint density at radius 3 is 2.17 bits per heavy atom. The summed E-state index contributed by atoms with van der Waals surface area (Å²) in [5, 5.41) is 12.9. The zero-order chi connectivity index (χ0) is 15.5. The summed E-state index contributed by atoms with van der Waals surface area (Å²) in [4.78, 5) is 24.9. The number of nitrogens with one attached hydrogen (secondary N) is 1. The fraction of sp³-hybridized carbons (Fsp3) is 0.529. The molecule has 1 saturated carbocycles. The fourth-order valence-electron chi connectivity index (χ4n) is 3.50. The van der Waals surface area contributed by atoms with Crippen LogP contribution in [0.5, 0.6) is 0 Å². The van der Waals surface area contributed by atoms with Crippen LogP contribution in [0.3, 0.4) is 0 Å². The van der Waals surface area contributed by atoms with E-state index < -0.39 is 6.09 Å². The third-order valence-electron chi connectivity index (χ3n) is 4.86. The van der Waals surface area contributed by atoms with E-state index in [2.05, 4.69) is 17.4 Å². The van der Waals surface area contributed by atoms with Crippen LogP contribution in [0.2, 0.25) is 0 Å². The monoisotopic (exact) mass is 424 g/mol. The number of benzene rings is 1. The van der Waals surface area contributed by atoms with Crippen LogP contribution < -0.4 is 10.4 Å². The summed E-state index contributed by atoms with van der Waals surface area (Å²) < 4.78 is 0. The first-order valence-corrected chi connectivity index (χ1v) is 7.94. The first-order chi connectivity index (χ1) is 10.6. The molecule has 2 N–H and O–H groups in total. The number of carbonyl (C=O) groups excluding carboxylic acids is 2. The number of carbonyl (C=O) groups is 2. The molecule has 7 heteroatoms. The van der Waals surface area contributed by atoms with E-state index in [0.29, 0.717) is 5.92 Å². The molecule has 1 heterocycles. The molecule has 1 aromatic carbocycles. The number of amides is 2. The minimum atomic E-state index is -1.22. The van der Waals surface area contributed by atoms with Crippen molar-refractivity contribution in [3.63, 3.8) is 0 Å². The van der Waals surface area contributed by atoms with Crippen molar-refractivity contribution in [2.24, 2.45) is 5.92 Å². The van der Waals surface area contributed by atoms with Crippen LogP contribution in [-0.2, 0) is 25.2 Å². The Labute approximate surface area is 155 Å². The van der Waals surface area contributed by atoms with Crippen molar-refractivity contribution >= 4 is 12.0 Å². The van der Waals surface area contributed by atoms with Crippen molar-refractivity contribution < 1.29 is 40.6 Å². The van der Waals surface area contributed by atoms with Gasteiger partial charge in [-0.25, -0.2) is 0 Å². The number of hydrogen-bond donors (Lipinski definition) is 1. The Morgan fingerprint density at radius 1 is 1.04 bits per heavy atom. The Hall–Kier alpha value is -1.42. The molecule has 1 aliphatic heterocycles. The van der Waals surface area contributed by atoms with Gasteiger partial charge in [0.15, 0.2) is 0 Å². The summed E-state index contributed by atoms with van der Waals surface area (Å²) in [6, 6.07) is 10.2. The zero-order valence-electron chi connectivity index (χ0n) is 13.3. The van der Waals surface area contributed by atoms with Crippen LogP contribution >= 0.6 is 0 Å². The van der Waals surface area contributed by atoms with E-state index >= 15 is 0 Å². The van der Waals surface area contributed by atoms with E-state index in [9.17, 15) is 14.7 Å². The quantitative estimate of drug-likeness (QED) is 0.729. The molecule has 6 nitrogen and oxygen atoms in total.